The van der Waals surface area contributed by atoms with Crippen LogP contribution in [0.3, 0.4) is 0 Å². The Morgan fingerprint density at radius 1 is 0.971 bits per heavy atom. The molecule has 2 aliphatic heterocycles. The van der Waals surface area contributed by atoms with Gasteiger partial charge in [0.2, 0.25) is 6.79 Å². The molecule has 6 rings (SSSR count). The van der Waals surface area contributed by atoms with Gasteiger partial charge in [0.1, 0.15) is 11.8 Å². The Morgan fingerprint density at radius 2 is 1.77 bits per heavy atom. The zero-order valence-electron chi connectivity index (χ0n) is 19.3. The number of methoxy groups -OCH3 is 1. The molecule has 1 fully saturated rings. The van der Waals surface area contributed by atoms with Crippen molar-refractivity contribution in [1.82, 2.24) is 14.9 Å². The maximum atomic E-state index is 5.89. The number of thiocarbonyl (C=S) groups is 1. The molecular formula is C27H24N4O3S. The summed E-state index contributed by atoms with van der Waals surface area (Å²) < 4.78 is 18.8. The minimum Gasteiger partial charge on any atom is -0.497 e. The second kappa shape index (κ2) is 8.63. The van der Waals surface area contributed by atoms with Crippen LogP contribution in [0.15, 0.2) is 79.0 Å². The third-order valence-corrected chi connectivity index (χ3v) is 6.79. The number of anilines is 1. The monoisotopic (exact) mass is 484 g/mol. The number of hydrogen-bond acceptors (Lipinski definition) is 5. The molecule has 176 valence electrons. The van der Waals surface area contributed by atoms with Crippen LogP contribution < -0.4 is 24.4 Å². The highest BCUT2D eigenvalue weighted by molar-refractivity contribution is 7.80. The third kappa shape index (κ3) is 3.66. The molecule has 1 saturated heterocycles. The first-order valence-corrected chi connectivity index (χ1v) is 11.8. The van der Waals surface area contributed by atoms with E-state index >= 15 is 0 Å². The lowest BCUT2D eigenvalue weighted by atomic mass is 10.0. The van der Waals surface area contributed by atoms with E-state index in [2.05, 4.69) is 51.0 Å². The van der Waals surface area contributed by atoms with Crippen LogP contribution in [-0.4, -0.2) is 28.6 Å². The topological polar surface area (TPSA) is 60.8 Å². The largest absolute Gasteiger partial charge is 0.497 e. The van der Waals surface area contributed by atoms with Crippen molar-refractivity contribution >= 4 is 23.0 Å². The molecule has 2 atom stereocenters. The minimum absolute atomic E-state index is 0.152. The Labute approximate surface area is 208 Å². The van der Waals surface area contributed by atoms with Gasteiger partial charge in [-0.25, -0.2) is 0 Å². The summed E-state index contributed by atoms with van der Waals surface area (Å²) >= 11 is 5.89. The van der Waals surface area contributed by atoms with Gasteiger partial charge in [-0.2, -0.15) is 0 Å². The number of benzene rings is 2. The van der Waals surface area contributed by atoms with E-state index < -0.39 is 0 Å². The molecule has 0 unspecified atom stereocenters. The molecule has 4 heterocycles. The number of rotatable bonds is 5. The van der Waals surface area contributed by atoms with Gasteiger partial charge in [0, 0.05) is 35.0 Å². The number of aryl methyl sites for hydroxylation is 1. The van der Waals surface area contributed by atoms with E-state index in [0.717, 1.165) is 40.0 Å². The maximum absolute atomic E-state index is 5.89. The lowest BCUT2D eigenvalue weighted by molar-refractivity contribution is 0.174. The molecule has 0 saturated carbocycles. The van der Waals surface area contributed by atoms with Gasteiger partial charge < -0.3 is 29.0 Å². The first-order valence-electron chi connectivity index (χ1n) is 11.4. The van der Waals surface area contributed by atoms with Gasteiger partial charge in [-0.15, -0.1) is 0 Å². The Bertz CT molecular complexity index is 1390. The van der Waals surface area contributed by atoms with E-state index in [-0.39, 0.29) is 18.9 Å². The van der Waals surface area contributed by atoms with E-state index in [1.807, 2.05) is 54.7 Å². The van der Waals surface area contributed by atoms with Gasteiger partial charge in [0.15, 0.2) is 16.6 Å². The van der Waals surface area contributed by atoms with Crippen molar-refractivity contribution < 1.29 is 14.2 Å². The fraction of sp³-hybridized carbons (Fsp3) is 0.185. The van der Waals surface area contributed by atoms with E-state index in [1.165, 1.54) is 0 Å². The summed E-state index contributed by atoms with van der Waals surface area (Å²) in [5, 5.41) is 4.16. The Balaban J connectivity index is 1.51. The molecule has 2 aromatic carbocycles. The Hall–Kier alpha value is -4.04. The van der Waals surface area contributed by atoms with Crippen LogP contribution >= 0.6 is 12.2 Å². The van der Waals surface area contributed by atoms with Crippen LogP contribution in [-0.2, 0) is 0 Å². The fourth-order valence-corrected chi connectivity index (χ4v) is 5.19. The number of nitrogens with zero attached hydrogens (tertiary/aromatic N) is 3. The molecule has 0 bridgehead atoms. The second-order valence-corrected chi connectivity index (χ2v) is 8.85. The first-order chi connectivity index (χ1) is 17.1. The third-order valence-electron chi connectivity index (χ3n) is 6.47. The maximum Gasteiger partial charge on any atom is 0.231 e. The summed E-state index contributed by atoms with van der Waals surface area (Å²) in [5.41, 5.74) is 5.10. The molecule has 2 aliphatic rings. The van der Waals surface area contributed by atoms with Crippen LogP contribution in [0.5, 0.6) is 17.2 Å². The highest BCUT2D eigenvalue weighted by Crippen LogP contribution is 2.45. The molecule has 4 aromatic rings. The zero-order valence-corrected chi connectivity index (χ0v) is 20.2. The number of pyridine rings is 1. The van der Waals surface area contributed by atoms with Crippen molar-refractivity contribution in [3.8, 4) is 22.9 Å². The fourth-order valence-electron chi connectivity index (χ4n) is 4.84. The van der Waals surface area contributed by atoms with Crippen molar-refractivity contribution in [3.05, 3.63) is 96.1 Å². The lowest BCUT2D eigenvalue weighted by Crippen LogP contribution is -2.30. The highest BCUT2D eigenvalue weighted by atomic mass is 32.1. The SMILES string of the molecule is COc1ccc(-n2c(C)ccc2[C@H]2[C@@H](c3ccccn3)NC(=S)N2c2ccc3c(c2)OCO3)cc1. The molecule has 2 aromatic heterocycles. The van der Waals surface area contributed by atoms with Crippen molar-refractivity contribution in [3.63, 3.8) is 0 Å². The van der Waals surface area contributed by atoms with Gasteiger partial charge in [-0.3, -0.25) is 4.98 Å². The number of ether oxygens (including phenoxy) is 3. The minimum atomic E-state index is -0.159. The Morgan fingerprint density at radius 3 is 2.54 bits per heavy atom. The van der Waals surface area contributed by atoms with Gasteiger partial charge in [0.25, 0.3) is 0 Å². The van der Waals surface area contributed by atoms with Crippen LogP contribution in [0, 0.1) is 6.92 Å². The standard InChI is InChI=1S/C27H24N4O3S/c1-17-6-12-22(30(17)18-7-10-20(32-2)11-8-18)26-25(21-5-3-4-14-28-21)29-27(35)31(26)19-9-13-23-24(15-19)34-16-33-23/h3-15,25-26H,16H2,1-2H3,(H,29,35)/t25-,26+/m1/s1. The van der Waals surface area contributed by atoms with Crippen LogP contribution in [0.25, 0.3) is 5.69 Å². The van der Waals surface area contributed by atoms with Crippen molar-refractivity contribution in [2.24, 2.45) is 0 Å². The zero-order chi connectivity index (χ0) is 23.9. The lowest BCUT2D eigenvalue weighted by Gasteiger charge is -2.29. The molecule has 1 N–H and O–H groups in total. The van der Waals surface area contributed by atoms with Gasteiger partial charge in [-0.1, -0.05) is 6.07 Å². The Kier molecular flexibility index (Phi) is 5.30. The second-order valence-electron chi connectivity index (χ2n) is 8.47. The van der Waals surface area contributed by atoms with Crippen molar-refractivity contribution in [2.75, 3.05) is 18.8 Å². The molecule has 0 aliphatic carbocycles. The first kappa shape index (κ1) is 21.5. The molecule has 0 amide bonds. The summed E-state index contributed by atoms with van der Waals surface area (Å²) in [5.74, 6) is 2.27. The molecule has 0 spiro atoms. The predicted molar refractivity (Wildman–Crippen MR) is 138 cm³/mol. The average molecular weight is 485 g/mol. The predicted octanol–water partition coefficient (Wildman–Crippen LogP) is 5.10. The number of hydrogen-bond donors (Lipinski definition) is 1. The molecule has 8 heteroatoms. The summed E-state index contributed by atoms with van der Waals surface area (Å²) in [4.78, 5) is 6.81. The summed E-state index contributed by atoms with van der Waals surface area (Å²) in [6, 6.07) is 24.0. The molecule has 35 heavy (non-hydrogen) atoms. The number of nitrogens with one attached hydrogen (secondary N) is 1. The van der Waals surface area contributed by atoms with Gasteiger partial charge >= 0.3 is 0 Å². The van der Waals surface area contributed by atoms with E-state index in [4.69, 9.17) is 26.4 Å². The van der Waals surface area contributed by atoms with Crippen LogP contribution in [0.1, 0.15) is 29.2 Å². The molecule has 7 nitrogen and oxygen atoms in total. The quantitative estimate of drug-likeness (QED) is 0.396. The van der Waals surface area contributed by atoms with Gasteiger partial charge in [0.05, 0.1) is 18.8 Å². The highest BCUT2D eigenvalue weighted by Gasteiger charge is 2.42. The molecule has 0 radical (unpaired) electrons. The summed E-state index contributed by atoms with van der Waals surface area (Å²) in [7, 11) is 1.67. The van der Waals surface area contributed by atoms with E-state index in [0.29, 0.717) is 10.9 Å². The van der Waals surface area contributed by atoms with Gasteiger partial charge in [-0.05, 0) is 79.8 Å². The number of fused-ring (bicyclic) bond motifs is 1. The van der Waals surface area contributed by atoms with E-state index in [1.54, 1.807) is 7.11 Å². The summed E-state index contributed by atoms with van der Waals surface area (Å²) in [6.45, 7) is 2.33. The van der Waals surface area contributed by atoms with Crippen molar-refractivity contribution in [1.29, 1.82) is 0 Å². The molecular weight excluding hydrogens is 460 g/mol. The van der Waals surface area contributed by atoms with Crippen molar-refractivity contribution in [2.45, 2.75) is 19.0 Å². The average Bonchev–Trinajstić information content (AvgIpc) is 3.60. The van der Waals surface area contributed by atoms with E-state index in [9.17, 15) is 0 Å². The smallest absolute Gasteiger partial charge is 0.231 e. The normalized spacial score (nSPS) is 18.6. The van der Waals surface area contributed by atoms with Crippen LogP contribution in [0.4, 0.5) is 5.69 Å². The van der Waals surface area contributed by atoms with Crippen LogP contribution in [0.2, 0.25) is 0 Å². The number of aromatic nitrogens is 2. The summed E-state index contributed by atoms with van der Waals surface area (Å²) in [6.07, 6.45) is 1.81.